The molecule has 0 fully saturated rings. The number of aryl methyl sites for hydroxylation is 2. The van der Waals surface area contributed by atoms with E-state index in [9.17, 15) is 0 Å². The van der Waals surface area contributed by atoms with E-state index >= 15 is 0 Å². The second-order valence-corrected chi connectivity index (χ2v) is 24.3. The van der Waals surface area contributed by atoms with Crippen LogP contribution in [-0.4, -0.2) is 15.8 Å². The summed E-state index contributed by atoms with van der Waals surface area (Å²) < 4.78 is 5.23. The molecule has 2 aliphatic carbocycles. The van der Waals surface area contributed by atoms with Crippen molar-refractivity contribution in [2.75, 3.05) is 4.90 Å². The third kappa shape index (κ3) is 6.58. The van der Waals surface area contributed by atoms with Gasteiger partial charge >= 0.3 is 0 Å². The van der Waals surface area contributed by atoms with Crippen molar-refractivity contribution in [1.82, 2.24) is 9.13 Å². The van der Waals surface area contributed by atoms with Crippen LogP contribution in [0.3, 0.4) is 0 Å². The molecule has 2 aromatic heterocycles. The van der Waals surface area contributed by atoms with Crippen LogP contribution in [0.25, 0.3) is 55.4 Å². The predicted molar refractivity (Wildman–Crippen MR) is 310 cm³/mol. The third-order valence-electron chi connectivity index (χ3n) is 17.6. The van der Waals surface area contributed by atoms with Gasteiger partial charge < -0.3 is 14.0 Å². The van der Waals surface area contributed by atoms with Crippen LogP contribution in [0.4, 0.5) is 17.1 Å². The standard InChI is InChI=1S/C69H64BN3/c1-67(2,3)45-37-53(43-21-11-9-12-22-43)66(54(38-45)44-23-13-10-14-24-44)73-63-42-48(72-60-30-18-16-26-50(60)52-28-20-32-62(52)72)34-36-58(63)70-57-35-33-47(71-59-29-17-15-25-49(59)51-27-19-31-61(51)71)41-55(57)69(7,8)56-39-46(68(4,5)6)40-64(73)65(56)70/h9-18,21-26,29-30,33-42H,19-20,27-28,31-32H2,1-8H3. The van der Waals surface area contributed by atoms with Crippen LogP contribution in [-0.2, 0) is 41.9 Å². The second kappa shape index (κ2) is 15.9. The van der Waals surface area contributed by atoms with Gasteiger partial charge in [-0.25, -0.2) is 0 Å². The van der Waals surface area contributed by atoms with Gasteiger partial charge in [0.2, 0.25) is 6.71 Å². The number of aromatic nitrogens is 2. The maximum atomic E-state index is 2.75. The smallest absolute Gasteiger partial charge is 0.247 e. The van der Waals surface area contributed by atoms with Crippen molar-refractivity contribution in [1.29, 1.82) is 0 Å². The van der Waals surface area contributed by atoms with E-state index < -0.39 is 0 Å². The number of nitrogens with zero attached hydrogens (tertiary/aromatic N) is 3. The SMILES string of the molecule is CC(C)(C)c1cc(-c2ccccc2)c(N2c3cc(-n4c5c(c6ccccc64)CCC5)ccc3B3c4ccc(-n5c6c(c7ccccc75)CCC6)cc4C(C)(C)c4cc(C(C)(C)C)cc2c43)c(-c2ccccc2)c1. The number of rotatable bonds is 5. The lowest BCUT2D eigenvalue weighted by atomic mass is 9.30. The molecule has 0 saturated heterocycles. The molecule has 8 aromatic carbocycles. The molecular weight excluding hydrogens is 882 g/mol. The highest BCUT2D eigenvalue weighted by molar-refractivity contribution is 6.99. The average Bonchev–Trinajstić information content (AvgIpc) is 4.20. The Morgan fingerprint density at radius 3 is 1.49 bits per heavy atom. The number of fused-ring (bicyclic) bond motifs is 10. The van der Waals surface area contributed by atoms with Gasteiger partial charge in [-0.05, 0) is 159 Å². The molecular formula is C69H64BN3. The van der Waals surface area contributed by atoms with Crippen LogP contribution in [0, 0.1) is 0 Å². The lowest BCUT2D eigenvalue weighted by Gasteiger charge is -2.47. The van der Waals surface area contributed by atoms with E-state index in [2.05, 4.69) is 239 Å². The molecule has 0 radical (unpaired) electrons. The molecule has 2 aliphatic heterocycles. The maximum Gasteiger partial charge on any atom is 0.247 e. The lowest BCUT2D eigenvalue weighted by molar-refractivity contribution is 0.583. The molecule has 14 rings (SSSR count). The average molecular weight is 946 g/mol. The fourth-order valence-corrected chi connectivity index (χ4v) is 13.9. The highest BCUT2D eigenvalue weighted by atomic mass is 15.2. The number of anilines is 3. The minimum atomic E-state index is -0.312. The molecule has 358 valence electrons. The quantitative estimate of drug-likeness (QED) is 0.157. The maximum absolute atomic E-state index is 2.75. The normalized spacial score (nSPS) is 15.4. The summed E-state index contributed by atoms with van der Waals surface area (Å²) in [6.07, 6.45) is 6.90. The van der Waals surface area contributed by atoms with E-state index in [-0.39, 0.29) is 23.0 Å². The Labute approximate surface area is 432 Å². The molecule has 0 atom stereocenters. The van der Waals surface area contributed by atoms with Crippen molar-refractivity contribution in [3.05, 3.63) is 215 Å². The molecule has 4 heteroatoms. The Bertz CT molecular complexity index is 3850. The summed E-state index contributed by atoms with van der Waals surface area (Å²) in [6.45, 7) is 19.3. The fourth-order valence-electron chi connectivity index (χ4n) is 13.9. The van der Waals surface area contributed by atoms with Crippen LogP contribution in [0.1, 0.15) is 113 Å². The minimum absolute atomic E-state index is 0.0184. The fraction of sp³-hybridized carbons (Fsp3) is 0.246. The van der Waals surface area contributed by atoms with Gasteiger partial charge in [-0.3, -0.25) is 0 Å². The largest absolute Gasteiger partial charge is 0.313 e. The van der Waals surface area contributed by atoms with Gasteiger partial charge in [0.05, 0.1) is 16.7 Å². The summed E-state index contributed by atoms with van der Waals surface area (Å²) >= 11 is 0. The molecule has 0 saturated carbocycles. The Kier molecular flexibility index (Phi) is 9.64. The Morgan fingerprint density at radius 2 is 0.945 bits per heavy atom. The van der Waals surface area contributed by atoms with Crippen molar-refractivity contribution in [3.8, 4) is 33.6 Å². The molecule has 0 spiro atoms. The molecule has 0 N–H and O–H groups in total. The zero-order chi connectivity index (χ0) is 49.7. The van der Waals surface area contributed by atoms with E-state index in [0.29, 0.717) is 0 Å². The molecule has 0 amide bonds. The highest BCUT2D eigenvalue weighted by Crippen LogP contribution is 2.52. The second-order valence-electron chi connectivity index (χ2n) is 24.3. The predicted octanol–water partition coefficient (Wildman–Crippen LogP) is 15.4. The van der Waals surface area contributed by atoms with E-state index in [0.717, 1.165) is 25.7 Å². The van der Waals surface area contributed by atoms with Gasteiger partial charge in [-0.15, -0.1) is 0 Å². The van der Waals surface area contributed by atoms with Gasteiger partial charge in [0, 0.05) is 61.5 Å². The Hall–Kier alpha value is -7.30. The Morgan fingerprint density at radius 1 is 0.452 bits per heavy atom. The lowest BCUT2D eigenvalue weighted by Crippen LogP contribution is -2.64. The zero-order valence-corrected chi connectivity index (χ0v) is 43.8. The minimum Gasteiger partial charge on any atom is -0.313 e. The van der Waals surface area contributed by atoms with Crippen LogP contribution >= 0.6 is 0 Å². The summed E-state index contributed by atoms with van der Waals surface area (Å²) in [4.78, 5) is 2.75. The molecule has 0 unspecified atom stereocenters. The first-order chi connectivity index (χ1) is 35.3. The van der Waals surface area contributed by atoms with Crippen LogP contribution in [0.2, 0.25) is 0 Å². The first-order valence-corrected chi connectivity index (χ1v) is 27.1. The van der Waals surface area contributed by atoms with E-state index in [4.69, 9.17) is 0 Å². The topological polar surface area (TPSA) is 13.1 Å². The first-order valence-electron chi connectivity index (χ1n) is 27.1. The number of hydrogen-bond donors (Lipinski definition) is 0. The summed E-state index contributed by atoms with van der Waals surface area (Å²) in [7, 11) is 0. The summed E-state index contributed by atoms with van der Waals surface area (Å²) in [5.41, 5.74) is 29.0. The molecule has 4 heterocycles. The molecule has 4 aliphatic rings. The molecule has 73 heavy (non-hydrogen) atoms. The summed E-state index contributed by atoms with van der Waals surface area (Å²) in [5, 5.41) is 2.81. The Balaban J connectivity index is 1.12. The van der Waals surface area contributed by atoms with E-state index in [1.807, 2.05) is 0 Å². The number of benzene rings is 8. The first kappa shape index (κ1) is 44.4. The van der Waals surface area contributed by atoms with E-state index in [1.54, 1.807) is 0 Å². The molecule has 3 nitrogen and oxygen atoms in total. The monoisotopic (exact) mass is 946 g/mol. The van der Waals surface area contributed by atoms with Gasteiger partial charge in [-0.1, -0.05) is 176 Å². The van der Waals surface area contributed by atoms with Crippen molar-refractivity contribution >= 4 is 62.0 Å². The number of hydrogen-bond acceptors (Lipinski definition) is 1. The van der Waals surface area contributed by atoms with Crippen LogP contribution in [0.5, 0.6) is 0 Å². The summed E-state index contributed by atoms with van der Waals surface area (Å²) in [6, 6.07) is 66.0. The van der Waals surface area contributed by atoms with E-state index in [1.165, 1.54) is 146 Å². The van der Waals surface area contributed by atoms with Crippen molar-refractivity contribution in [2.45, 2.75) is 110 Å². The van der Waals surface area contributed by atoms with Gasteiger partial charge in [0.1, 0.15) is 0 Å². The number of para-hydroxylation sites is 2. The molecule has 0 bridgehead atoms. The van der Waals surface area contributed by atoms with Crippen molar-refractivity contribution < 1.29 is 0 Å². The van der Waals surface area contributed by atoms with Crippen molar-refractivity contribution in [3.63, 3.8) is 0 Å². The van der Waals surface area contributed by atoms with Gasteiger partial charge in [0.15, 0.2) is 0 Å². The van der Waals surface area contributed by atoms with Crippen LogP contribution in [0.15, 0.2) is 170 Å². The van der Waals surface area contributed by atoms with Crippen LogP contribution < -0.4 is 21.3 Å². The highest BCUT2D eigenvalue weighted by Gasteiger charge is 2.48. The molecule has 10 aromatic rings. The third-order valence-corrected chi connectivity index (χ3v) is 17.6. The zero-order valence-electron chi connectivity index (χ0n) is 43.8. The summed E-state index contributed by atoms with van der Waals surface area (Å²) in [5.74, 6) is 0. The van der Waals surface area contributed by atoms with Gasteiger partial charge in [0.25, 0.3) is 0 Å². The van der Waals surface area contributed by atoms with Crippen molar-refractivity contribution in [2.24, 2.45) is 0 Å². The van der Waals surface area contributed by atoms with Gasteiger partial charge in [-0.2, -0.15) is 0 Å².